The third-order valence-electron chi connectivity index (χ3n) is 5.40. The monoisotopic (exact) mass is 445 g/mol. The summed E-state index contributed by atoms with van der Waals surface area (Å²) in [6.45, 7) is 12.3. The molecule has 3 aromatic heterocycles. The van der Waals surface area contributed by atoms with Gasteiger partial charge in [-0.25, -0.2) is 4.98 Å². The number of nitrogen functional groups attached to an aromatic ring is 1. The summed E-state index contributed by atoms with van der Waals surface area (Å²) in [6.07, 6.45) is 3.51. The number of anilines is 2. The number of nitrogens with zero attached hydrogens (tertiary/aromatic N) is 4. The van der Waals surface area contributed by atoms with E-state index in [1.165, 1.54) is 0 Å². The van der Waals surface area contributed by atoms with Crippen molar-refractivity contribution >= 4 is 44.2 Å². The Kier molecular flexibility index (Phi) is 5.28. The molecule has 0 fully saturated rings. The van der Waals surface area contributed by atoms with Gasteiger partial charge in [0.25, 0.3) is 0 Å². The van der Waals surface area contributed by atoms with E-state index in [-0.39, 0.29) is 16.9 Å². The molecule has 2 N–H and O–H groups in total. The zero-order valence-electron chi connectivity index (χ0n) is 18.1. The van der Waals surface area contributed by atoms with E-state index in [1.54, 1.807) is 6.26 Å². The quantitative estimate of drug-likeness (QED) is 0.467. The van der Waals surface area contributed by atoms with E-state index in [2.05, 4.69) is 54.5 Å². The predicted molar refractivity (Wildman–Crippen MR) is 123 cm³/mol. The first-order chi connectivity index (χ1) is 14.0. The Morgan fingerprint density at radius 3 is 2.80 bits per heavy atom. The molecule has 1 atom stereocenters. The van der Waals surface area contributed by atoms with Gasteiger partial charge in [0, 0.05) is 36.8 Å². The van der Waals surface area contributed by atoms with E-state index >= 15 is 0 Å². The fourth-order valence-corrected chi connectivity index (χ4v) is 5.10. The van der Waals surface area contributed by atoms with Crippen LogP contribution in [0.2, 0.25) is 10.2 Å². The summed E-state index contributed by atoms with van der Waals surface area (Å²) in [5, 5.41) is 0.600. The highest BCUT2D eigenvalue weighted by Gasteiger charge is 2.43. The second kappa shape index (κ2) is 7.51. The van der Waals surface area contributed by atoms with Crippen molar-refractivity contribution in [2.75, 3.05) is 17.2 Å². The average Bonchev–Trinajstić information content (AvgIpc) is 3.25. The van der Waals surface area contributed by atoms with Crippen molar-refractivity contribution in [3.8, 4) is 0 Å². The van der Waals surface area contributed by atoms with Crippen LogP contribution in [0.4, 0.5) is 11.8 Å². The number of hydrogen-bond donors (Lipinski definition) is 1. The molecule has 160 valence electrons. The van der Waals surface area contributed by atoms with Crippen LogP contribution in [0.25, 0.3) is 11.1 Å². The molecule has 0 saturated heterocycles. The minimum absolute atomic E-state index is 0.0377. The molecule has 30 heavy (non-hydrogen) atoms. The van der Waals surface area contributed by atoms with Crippen molar-refractivity contribution in [1.29, 1.82) is 0 Å². The molecule has 0 spiro atoms. The molecule has 3 aromatic rings. The molecule has 0 radical (unpaired) electrons. The lowest BCUT2D eigenvalue weighted by Gasteiger charge is -2.35. The highest BCUT2D eigenvalue weighted by atomic mass is 35.5. The molecule has 1 aliphatic rings. The maximum absolute atomic E-state index is 6.57. The molecule has 7 nitrogen and oxygen atoms in total. The van der Waals surface area contributed by atoms with Gasteiger partial charge < -0.3 is 19.5 Å². The lowest BCUT2D eigenvalue weighted by atomic mass is 9.87. The summed E-state index contributed by atoms with van der Waals surface area (Å²) in [4.78, 5) is 15.4. The smallest absolute Gasteiger partial charge is 0.223 e. The van der Waals surface area contributed by atoms with Crippen molar-refractivity contribution in [3.63, 3.8) is 0 Å². The van der Waals surface area contributed by atoms with E-state index in [9.17, 15) is 0 Å². The van der Waals surface area contributed by atoms with Gasteiger partial charge in [-0.2, -0.15) is 4.98 Å². The van der Waals surface area contributed by atoms with Crippen LogP contribution in [0.5, 0.6) is 0 Å². The van der Waals surface area contributed by atoms with Gasteiger partial charge in [0.2, 0.25) is 5.95 Å². The summed E-state index contributed by atoms with van der Waals surface area (Å²) in [7, 11) is -0.749. The van der Waals surface area contributed by atoms with Gasteiger partial charge in [0.1, 0.15) is 16.5 Å². The number of hydrogen-bond acceptors (Lipinski definition) is 7. The standard InChI is InChI=1S/C21H28ClN5O2Si/c1-20(2,3)30-29-21(4,5)13-11-27(18-16(13)17(22)25-19(23)26-18)10-12-8-15-14(24-9-12)6-7-28-15/h6-9,13H,10-11,30H2,1-5H3,(H2,23,25,26). The predicted octanol–water partition coefficient (Wildman–Crippen LogP) is 4.05. The summed E-state index contributed by atoms with van der Waals surface area (Å²) >= 11 is 6.57. The van der Waals surface area contributed by atoms with Gasteiger partial charge in [-0.1, -0.05) is 32.4 Å². The topological polar surface area (TPSA) is 90.3 Å². The van der Waals surface area contributed by atoms with Gasteiger partial charge in [0.15, 0.2) is 15.3 Å². The second-order valence-corrected chi connectivity index (χ2v) is 12.7. The van der Waals surface area contributed by atoms with Crippen LogP contribution in [0.15, 0.2) is 29.0 Å². The zero-order valence-corrected chi connectivity index (χ0v) is 20.2. The van der Waals surface area contributed by atoms with Crippen LogP contribution in [-0.2, 0) is 11.0 Å². The number of halogens is 1. The summed E-state index contributed by atoms with van der Waals surface area (Å²) in [5.41, 5.74) is 9.09. The van der Waals surface area contributed by atoms with Gasteiger partial charge >= 0.3 is 0 Å². The summed E-state index contributed by atoms with van der Waals surface area (Å²) in [5.74, 6) is 0.980. The van der Waals surface area contributed by atoms with Crippen LogP contribution in [0.1, 0.15) is 51.7 Å². The molecule has 0 saturated carbocycles. The van der Waals surface area contributed by atoms with E-state index in [0.717, 1.165) is 34.6 Å². The molecule has 9 heteroatoms. The number of nitrogens with two attached hydrogens (primary N) is 1. The largest absolute Gasteiger partial charge is 0.463 e. The van der Waals surface area contributed by atoms with Crippen molar-refractivity contribution < 1.29 is 8.84 Å². The molecule has 1 aliphatic heterocycles. The minimum atomic E-state index is -0.749. The number of rotatable bonds is 5. The first-order valence-electron chi connectivity index (χ1n) is 10.1. The lowest BCUT2D eigenvalue weighted by Crippen LogP contribution is -2.38. The van der Waals surface area contributed by atoms with Crippen LogP contribution in [0.3, 0.4) is 0 Å². The van der Waals surface area contributed by atoms with Crippen molar-refractivity contribution in [2.45, 2.75) is 57.7 Å². The van der Waals surface area contributed by atoms with E-state index in [1.807, 2.05) is 18.3 Å². The highest BCUT2D eigenvalue weighted by molar-refractivity contribution is 6.32. The Hall–Kier alpha value is -2.16. The molecular weight excluding hydrogens is 418 g/mol. The minimum Gasteiger partial charge on any atom is -0.463 e. The molecule has 0 aliphatic carbocycles. The highest BCUT2D eigenvalue weighted by Crippen LogP contribution is 2.46. The normalized spacial score (nSPS) is 17.4. The van der Waals surface area contributed by atoms with Crippen molar-refractivity contribution in [2.24, 2.45) is 0 Å². The number of furan rings is 1. The van der Waals surface area contributed by atoms with Gasteiger partial charge in [-0.15, -0.1) is 0 Å². The number of fused-ring (bicyclic) bond motifs is 2. The van der Waals surface area contributed by atoms with Crippen LogP contribution in [-0.4, -0.2) is 36.9 Å². The fraction of sp³-hybridized carbons (Fsp3) is 0.476. The summed E-state index contributed by atoms with van der Waals surface area (Å²) in [6, 6.07) is 3.86. The van der Waals surface area contributed by atoms with E-state index in [4.69, 9.17) is 26.2 Å². The Morgan fingerprint density at radius 1 is 1.30 bits per heavy atom. The molecular formula is C21H28ClN5O2Si. The molecule has 0 aromatic carbocycles. The van der Waals surface area contributed by atoms with Crippen LogP contribution in [0, 0.1) is 0 Å². The molecule has 1 unspecified atom stereocenters. The fourth-order valence-electron chi connectivity index (χ4n) is 3.79. The van der Waals surface area contributed by atoms with Crippen LogP contribution >= 0.6 is 11.6 Å². The Bertz CT molecular complexity index is 1080. The third kappa shape index (κ3) is 4.17. The van der Waals surface area contributed by atoms with Gasteiger partial charge in [-0.3, -0.25) is 4.98 Å². The third-order valence-corrected chi connectivity index (χ3v) is 7.44. The first kappa shape index (κ1) is 21.1. The van der Waals surface area contributed by atoms with Gasteiger partial charge in [-0.05, 0) is 30.5 Å². The average molecular weight is 446 g/mol. The summed E-state index contributed by atoms with van der Waals surface area (Å²) < 4.78 is 12.0. The Balaban J connectivity index is 1.66. The number of aromatic nitrogens is 3. The van der Waals surface area contributed by atoms with Crippen molar-refractivity contribution in [1.82, 2.24) is 15.0 Å². The molecule has 0 amide bonds. The SMILES string of the molecule is CC(C)(C)[SiH2]OC(C)(C)C1CN(Cc2cnc3ccoc3c2)c2nc(N)nc(Cl)c21. The molecule has 4 rings (SSSR count). The maximum atomic E-state index is 6.57. The lowest BCUT2D eigenvalue weighted by molar-refractivity contribution is 0.0828. The molecule has 0 bridgehead atoms. The van der Waals surface area contributed by atoms with Gasteiger partial charge in [0.05, 0.1) is 11.9 Å². The second-order valence-electron chi connectivity index (χ2n) is 9.64. The zero-order chi connectivity index (χ0) is 21.7. The van der Waals surface area contributed by atoms with E-state index < -0.39 is 15.4 Å². The van der Waals surface area contributed by atoms with Crippen molar-refractivity contribution in [3.05, 3.63) is 40.9 Å². The van der Waals surface area contributed by atoms with E-state index in [0.29, 0.717) is 11.7 Å². The Labute approximate surface area is 183 Å². The Morgan fingerprint density at radius 2 is 2.07 bits per heavy atom. The first-order valence-corrected chi connectivity index (χ1v) is 11.7. The maximum Gasteiger partial charge on any atom is 0.223 e. The molecule has 4 heterocycles. The number of pyridine rings is 1. The van der Waals surface area contributed by atoms with Crippen LogP contribution < -0.4 is 10.6 Å².